The second-order valence-corrected chi connectivity index (χ2v) is 18.1. The molecule has 0 amide bonds. The first-order valence-electron chi connectivity index (χ1n) is 21.0. The zero-order valence-corrected chi connectivity index (χ0v) is 34.2. The summed E-state index contributed by atoms with van der Waals surface area (Å²) in [5.41, 5.74) is 13.1. The van der Waals surface area contributed by atoms with Gasteiger partial charge in [0.25, 0.3) is 0 Å². The first-order chi connectivity index (χ1) is 29.6. The molecule has 13 rings (SSSR count). The van der Waals surface area contributed by atoms with Crippen LogP contribution in [0, 0.1) is 0 Å². The van der Waals surface area contributed by atoms with Crippen molar-refractivity contribution in [2.24, 2.45) is 0 Å². The highest BCUT2D eigenvalue weighted by Gasteiger charge is 2.37. The third-order valence-corrected chi connectivity index (χ3v) is 14.9. The minimum Gasteiger partial charge on any atom is -0.134 e. The Morgan fingerprint density at radius 3 is 1.48 bits per heavy atom. The molecule has 1 aromatic heterocycles. The van der Waals surface area contributed by atoms with E-state index in [1.54, 1.807) is 0 Å². The van der Waals surface area contributed by atoms with Gasteiger partial charge in [0.1, 0.15) is 0 Å². The highest BCUT2D eigenvalue weighted by molar-refractivity contribution is 7.27. The van der Waals surface area contributed by atoms with Crippen LogP contribution in [0.5, 0.6) is 0 Å². The highest BCUT2D eigenvalue weighted by atomic mass is 32.1. The van der Waals surface area contributed by atoms with E-state index in [-0.39, 0.29) is 5.41 Å². The van der Waals surface area contributed by atoms with Gasteiger partial charge in [-0.2, -0.15) is 0 Å². The van der Waals surface area contributed by atoms with Crippen molar-refractivity contribution < 1.29 is 0 Å². The quantitative estimate of drug-likeness (QED) is 0.124. The molecule has 0 nitrogen and oxygen atoms in total. The summed E-state index contributed by atoms with van der Waals surface area (Å²) in [4.78, 5) is 0. The van der Waals surface area contributed by atoms with Crippen LogP contribution in [-0.4, -0.2) is 0 Å². The molecule has 1 heteroatoms. The summed E-state index contributed by atoms with van der Waals surface area (Å²) in [7, 11) is 0. The minimum absolute atomic E-state index is 0.0721. The molecule has 0 N–H and O–H groups in total. The molecule has 1 heterocycles. The van der Waals surface area contributed by atoms with E-state index in [4.69, 9.17) is 0 Å². The normalized spacial score (nSPS) is 13.3. The fourth-order valence-corrected chi connectivity index (χ4v) is 12.4. The maximum absolute atomic E-state index is 2.49. The van der Waals surface area contributed by atoms with Crippen LogP contribution < -0.4 is 0 Å². The minimum atomic E-state index is -0.0721. The molecule has 0 spiro atoms. The summed E-state index contributed by atoms with van der Waals surface area (Å²) < 4.78 is 2.72. The first kappa shape index (κ1) is 33.9. The van der Waals surface area contributed by atoms with E-state index in [1.807, 2.05) is 11.3 Å². The van der Waals surface area contributed by atoms with Gasteiger partial charge in [-0.25, -0.2) is 0 Å². The number of hydrogen-bond donors (Lipinski definition) is 0. The van der Waals surface area contributed by atoms with E-state index < -0.39 is 0 Å². The molecule has 0 aliphatic heterocycles. The van der Waals surface area contributed by atoms with Gasteiger partial charge in [-0.1, -0.05) is 196 Å². The lowest BCUT2D eigenvalue weighted by molar-refractivity contribution is 0.660. The third-order valence-electron chi connectivity index (χ3n) is 13.6. The molecule has 0 saturated heterocycles. The van der Waals surface area contributed by atoms with E-state index in [9.17, 15) is 0 Å². The van der Waals surface area contributed by atoms with Gasteiger partial charge in [0.2, 0.25) is 0 Å². The topological polar surface area (TPSA) is 0 Å². The number of fused-ring (bicyclic) bond motifs is 15. The fourth-order valence-electron chi connectivity index (χ4n) is 11.0. The van der Waals surface area contributed by atoms with Crippen LogP contribution in [-0.2, 0) is 5.41 Å². The van der Waals surface area contributed by atoms with Crippen LogP contribution in [0.25, 0.3) is 119 Å². The molecular formula is C59H38S. The summed E-state index contributed by atoms with van der Waals surface area (Å²) in [6, 6.07) is 72.9. The van der Waals surface area contributed by atoms with E-state index in [0.717, 1.165) is 0 Å². The maximum atomic E-state index is 2.49. The number of thiophene rings is 1. The first-order valence-corrected chi connectivity index (χ1v) is 21.8. The van der Waals surface area contributed by atoms with Crippen molar-refractivity contribution >= 4 is 85.4 Å². The van der Waals surface area contributed by atoms with Gasteiger partial charge in [0.15, 0.2) is 0 Å². The number of rotatable bonds is 3. The molecule has 1 aliphatic rings. The molecular weight excluding hydrogens is 741 g/mol. The molecule has 0 radical (unpaired) electrons. The van der Waals surface area contributed by atoms with Crippen molar-refractivity contribution in [3.05, 3.63) is 205 Å². The Morgan fingerprint density at radius 2 is 0.783 bits per heavy atom. The van der Waals surface area contributed by atoms with Gasteiger partial charge in [0, 0.05) is 36.4 Å². The van der Waals surface area contributed by atoms with Crippen molar-refractivity contribution in [1.29, 1.82) is 0 Å². The maximum Gasteiger partial charge on any atom is 0.0440 e. The zero-order valence-electron chi connectivity index (χ0n) is 33.4. The number of hydrogen-bond acceptors (Lipinski definition) is 1. The van der Waals surface area contributed by atoms with Crippen molar-refractivity contribution in [3.63, 3.8) is 0 Å². The van der Waals surface area contributed by atoms with E-state index >= 15 is 0 Å². The average molecular weight is 779 g/mol. The Morgan fingerprint density at radius 1 is 0.300 bits per heavy atom. The summed E-state index contributed by atoms with van der Waals surface area (Å²) in [6.45, 7) is 4.75. The van der Waals surface area contributed by atoms with Crippen LogP contribution in [0.4, 0.5) is 0 Å². The molecule has 60 heavy (non-hydrogen) atoms. The van der Waals surface area contributed by atoms with Gasteiger partial charge in [-0.05, 0) is 111 Å². The van der Waals surface area contributed by atoms with E-state index in [2.05, 4.69) is 208 Å². The zero-order chi connectivity index (χ0) is 39.7. The Hall–Kier alpha value is -7.06. The summed E-state index contributed by atoms with van der Waals surface area (Å²) in [5.74, 6) is 0. The van der Waals surface area contributed by atoms with Crippen molar-refractivity contribution in [2.45, 2.75) is 19.3 Å². The van der Waals surface area contributed by atoms with Crippen LogP contribution >= 0.6 is 11.3 Å². The largest absolute Gasteiger partial charge is 0.134 e. The van der Waals surface area contributed by atoms with Gasteiger partial charge < -0.3 is 0 Å². The molecule has 0 unspecified atom stereocenters. The lowest BCUT2D eigenvalue weighted by atomic mass is 9.80. The SMILES string of the molecule is CC1(C)c2ccccc2-c2c(-c3c4ccccc4c(-c4cccc(-c5cc6c(sc7c8ccccc8c8ccccc8c67)c6ccccc56)c4)c4ccccc34)cccc21. The molecule has 12 aromatic rings. The molecule has 1 aliphatic carbocycles. The van der Waals surface area contributed by atoms with Gasteiger partial charge >= 0.3 is 0 Å². The van der Waals surface area contributed by atoms with Gasteiger partial charge in [-0.3, -0.25) is 0 Å². The fraction of sp³-hybridized carbons (Fsp3) is 0.0508. The summed E-state index contributed by atoms with van der Waals surface area (Å²) >= 11 is 1.95. The van der Waals surface area contributed by atoms with Crippen LogP contribution in [0.1, 0.15) is 25.0 Å². The molecule has 11 aromatic carbocycles. The monoisotopic (exact) mass is 778 g/mol. The lowest BCUT2D eigenvalue weighted by Gasteiger charge is -2.22. The van der Waals surface area contributed by atoms with Crippen LogP contribution in [0.15, 0.2) is 194 Å². The van der Waals surface area contributed by atoms with Crippen LogP contribution in [0.3, 0.4) is 0 Å². The predicted molar refractivity (Wildman–Crippen MR) is 261 cm³/mol. The Labute approximate surface area is 352 Å². The van der Waals surface area contributed by atoms with Crippen LogP contribution in [0.2, 0.25) is 0 Å². The Kier molecular flexibility index (Phi) is 7.04. The van der Waals surface area contributed by atoms with Gasteiger partial charge in [-0.15, -0.1) is 11.3 Å². The predicted octanol–water partition coefficient (Wildman–Crippen LogP) is 17.1. The second kappa shape index (κ2) is 12.5. The van der Waals surface area contributed by atoms with Crippen molar-refractivity contribution in [1.82, 2.24) is 0 Å². The molecule has 0 atom stereocenters. The standard InChI is InChI=1S/C59H38S/c1-59(2)51-31-14-13-29-47(51)55-48(30-16-32-52(55)59)54-43-25-9-7-23-41(43)53(42-24-8-10-26-44(42)54)36-18-15-17-35(33-36)49-34-50-56-40-22-6-3-19-37(40)38-20-4-12-28-46(38)58(56)60-57(50)45-27-11-5-21-39(45)49/h3-34H,1-2H3. The lowest BCUT2D eigenvalue weighted by Crippen LogP contribution is -2.14. The van der Waals surface area contributed by atoms with Gasteiger partial charge in [0.05, 0.1) is 0 Å². The Balaban J connectivity index is 1.08. The number of benzene rings is 11. The molecule has 0 saturated carbocycles. The van der Waals surface area contributed by atoms with Crippen molar-refractivity contribution in [3.8, 4) is 44.5 Å². The highest BCUT2D eigenvalue weighted by Crippen LogP contribution is 2.55. The molecule has 0 bridgehead atoms. The third kappa shape index (κ3) is 4.56. The van der Waals surface area contributed by atoms with E-state index in [1.165, 1.54) is 130 Å². The van der Waals surface area contributed by atoms with E-state index in [0.29, 0.717) is 0 Å². The summed E-state index contributed by atoms with van der Waals surface area (Å²) in [6.07, 6.45) is 0. The second-order valence-electron chi connectivity index (χ2n) is 17.1. The molecule has 0 fully saturated rings. The summed E-state index contributed by atoms with van der Waals surface area (Å²) in [5, 5.41) is 15.7. The average Bonchev–Trinajstić information content (AvgIpc) is 3.81. The Bertz CT molecular complexity index is 3750. The smallest absolute Gasteiger partial charge is 0.0440 e. The van der Waals surface area contributed by atoms with Crippen molar-refractivity contribution in [2.75, 3.05) is 0 Å². The molecule has 280 valence electrons.